The van der Waals surface area contributed by atoms with Crippen molar-refractivity contribution in [2.45, 2.75) is 32.3 Å². The van der Waals surface area contributed by atoms with E-state index in [2.05, 4.69) is 5.16 Å². The fourth-order valence-electron chi connectivity index (χ4n) is 3.81. The zero-order valence-electron chi connectivity index (χ0n) is 18.0. The van der Waals surface area contributed by atoms with E-state index >= 15 is 0 Å². The first kappa shape index (κ1) is 22.8. The molecule has 0 bridgehead atoms. The van der Waals surface area contributed by atoms with E-state index < -0.39 is 6.16 Å². The molecule has 6 nitrogen and oxygen atoms in total. The summed E-state index contributed by atoms with van der Waals surface area (Å²) in [6.45, 7) is 2.24. The topological polar surface area (TPSA) is 81.8 Å². The van der Waals surface area contributed by atoms with Crippen LogP contribution in [0, 0.1) is 6.92 Å². The number of aryl methyl sites for hydroxylation is 1. The van der Waals surface area contributed by atoms with Gasteiger partial charge in [-0.3, -0.25) is 0 Å². The summed E-state index contributed by atoms with van der Waals surface area (Å²) in [6.07, 6.45) is 0.783. The molecule has 34 heavy (non-hydrogen) atoms. The molecule has 0 atom stereocenters. The third kappa shape index (κ3) is 4.64. The summed E-state index contributed by atoms with van der Waals surface area (Å²) < 4.78 is 16.6. The van der Waals surface area contributed by atoms with Gasteiger partial charge in [0.25, 0.3) is 0 Å². The van der Waals surface area contributed by atoms with Crippen molar-refractivity contribution < 1.29 is 23.9 Å². The molecule has 5 rings (SSSR count). The standard InChI is InChI=1S/C25H19Cl2NO5S/c1-13-11-15(7-8-16(13)20-9-10-21(34-20)32-25(29)30)31-12-17-23(28-33-24(17)14-5-6-14)22-18(26)3-2-4-19(22)27/h2-4,7-11,14H,5-6,12H2,1H3,(H,29,30). The first-order valence-corrected chi connectivity index (χ1v) is 12.1. The predicted molar refractivity (Wildman–Crippen MR) is 131 cm³/mol. The van der Waals surface area contributed by atoms with E-state index in [-0.39, 0.29) is 6.61 Å². The zero-order chi connectivity index (χ0) is 23.8. The molecule has 0 spiro atoms. The van der Waals surface area contributed by atoms with Gasteiger partial charge in [0, 0.05) is 16.4 Å². The number of rotatable bonds is 7. The number of hydrogen-bond donors (Lipinski definition) is 1. The SMILES string of the molecule is Cc1cc(OCc2c(-c3c(Cl)cccc3Cl)noc2C2CC2)ccc1-c1ccc(OC(=O)O)s1. The van der Waals surface area contributed by atoms with Crippen LogP contribution in [0.1, 0.15) is 35.6 Å². The Morgan fingerprint density at radius 2 is 1.94 bits per heavy atom. The number of carbonyl (C=O) groups is 1. The fourth-order valence-corrected chi connectivity index (χ4v) is 5.33. The van der Waals surface area contributed by atoms with Crippen LogP contribution >= 0.6 is 34.5 Å². The number of benzene rings is 2. The highest BCUT2D eigenvalue weighted by Crippen LogP contribution is 2.46. The van der Waals surface area contributed by atoms with Crippen molar-refractivity contribution in [2.24, 2.45) is 0 Å². The minimum absolute atomic E-state index is 0.264. The molecule has 0 saturated heterocycles. The lowest BCUT2D eigenvalue weighted by molar-refractivity contribution is 0.146. The van der Waals surface area contributed by atoms with E-state index in [0.717, 1.165) is 40.2 Å². The first-order valence-electron chi connectivity index (χ1n) is 10.6. The maximum atomic E-state index is 10.8. The lowest BCUT2D eigenvalue weighted by atomic mass is 10.0. The highest BCUT2D eigenvalue weighted by molar-refractivity contribution is 7.17. The molecule has 1 aliphatic carbocycles. The molecule has 4 aromatic rings. The second kappa shape index (κ2) is 9.33. The summed E-state index contributed by atoms with van der Waals surface area (Å²) in [6, 6.07) is 14.6. The van der Waals surface area contributed by atoms with Crippen molar-refractivity contribution in [3.05, 3.63) is 75.5 Å². The van der Waals surface area contributed by atoms with Crippen molar-refractivity contribution in [1.82, 2.24) is 5.16 Å². The van der Waals surface area contributed by atoms with Crippen LogP contribution in [0.5, 0.6) is 10.8 Å². The van der Waals surface area contributed by atoms with Crippen LogP contribution in [0.25, 0.3) is 21.7 Å². The Labute approximate surface area is 209 Å². The number of hydrogen-bond acceptors (Lipinski definition) is 6. The fraction of sp³-hybridized carbons (Fsp3) is 0.200. The van der Waals surface area contributed by atoms with Gasteiger partial charge in [-0.15, -0.1) is 0 Å². The van der Waals surface area contributed by atoms with E-state index in [4.69, 9.17) is 42.3 Å². The molecule has 0 aliphatic heterocycles. The zero-order valence-corrected chi connectivity index (χ0v) is 20.3. The van der Waals surface area contributed by atoms with Gasteiger partial charge < -0.3 is 19.1 Å². The molecular weight excluding hydrogens is 497 g/mol. The van der Waals surface area contributed by atoms with Crippen LogP contribution in [0.15, 0.2) is 53.1 Å². The van der Waals surface area contributed by atoms with Gasteiger partial charge in [0.2, 0.25) is 0 Å². The second-order valence-corrected chi connectivity index (χ2v) is 9.86. The van der Waals surface area contributed by atoms with Gasteiger partial charge in [0.1, 0.15) is 23.8 Å². The van der Waals surface area contributed by atoms with Crippen molar-refractivity contribution in [3.63, 3.8) is 0 Å². The minimum atomic E-state index is -1.33. The third-order valence-electron chi connectivity index (χ3n) is 5.58. The number of nitrogens with zero attached hydrogens (tertiary/aromatic N) is 1. The lowest BCUT2D eigenvalue weighted by Gasteiger charge is -2.11. The predicted octanol–water partition coefficient (Wildman–Crippen LogP) is 8.20. The molecular formula is C25H19Cl2NO5S. The summed E-state index contributed by atoms with van der Waals surface area (Å²) in [5.41, 5.74) is 4.07. The van der Waals surface area contributed by atoms with Crippen molar-refractivity contribution in [1.29, 1.82) is 0 Å². The van der Waals surface area contributed by atoms with E-state index in [0.29, 0.717) is 38.0 Å². The number of halogens is 2. The van der Waals surface area contributed by atoms with Crippen LogP contribution in [0.4, 0.5) is 4.79 Å². The van der Waals surface area contributed by atoms with E-state index in [1.165, 1.54) is 11.3 Å². The molecule has 0 amide bonds. The van der Waals surface area contributed by atoms with Crippen molar-refractivity contribution >= 4 is 40.7 Å². The summed E-state index contributed by atoms with van der Waals surface area (Å²) in [7, 11) is 0. The smallest absolute Gasteiger partial charge is 0.489 e. The van der Waals surface area contributed by atoms with Crippen LogP contribution in [-0.4, -0.2) is 16.4 Å². The Hall–Kier alpha value is -3.00. The van der Waals surface area contributed by atoms with Crippen molar-refractivity contribution in [2.75, 3.05) is 0 Å². The molecule has 2 heterocycles. The number of thiophene rings is 1. The van der Waals surface area contributed by atoms with Gasteiger partial charge in [0.05, 0.1) is 15.6 Å². The van der Waals surface area contributed by atoms with Crippen LogP contribution in [0.2, 0.25) is 10.0 Å². The average Bonchev–Trinajstić information content (AvgIpc) is 3.39. The molecule has 0 unspecified atom stereocenters. The minimum Gasteiger partial charge on any atom is -0.489 e. The number of carboxylic acid groups (broad SMARTS) is 1. The van der Waals surface area contributed by atoms with Gasteiger partial charge in [-0.25, -0.2) is 4.79 Å². The number of ether oxygens (including phenoxy) is 2. The maximum Gasteiger partial charge on any atom is 0.512 e. The molecule has 1 saturated carbocycles. The number of aromatic nitrogens is 1. The molecule has 0 radical (unpaired) electrons. The molecule has 1 aliphatic rings. The highest BCUT2D eigenvalue weighted by atomic mass is 35.5. The molecule has 174 valence electrons. The largest absolute Gasteiger partial charge is 0.512 e. The Kier molecular flexibility index (Phi) is 6.25. The van der Waals surface area contributed by atoms with Crippen LogP contribution in [-0.2, 0) is 6.61 Å². The molecule has 1 fully saturated rings. The summed E-state index contributed by atoms with van der Waals surface area (Å²) in [4.78, 5) is 11.7. The van der Waals surface area contributed by atoms with Gasteiger partial charge in [-0.05, 0) is 73.4 Å². The molecule has 1 N–H and O–H groups in total. The lowest BCUT2D eigenvalue weighted by Crippen LogP contribution is -2.00. The normalized spacial score (nSPS) is 13.1. The van der Waals surface area contributed by atoms with E-state index in [1.807, 2.05) is 31.2 Å². The first-order chi connectivity index (χ1) is 16.4. The molecule has 2 aromatic carbocycles. The Bertz CT molecular complexity index is 1360. The second-order valence-electron chi connectivity index (χ2n) is 8.00. The highest BCUT2D eigenvalue weighted by Gasteiger charge is 2.33. The van der Waals surface area contributed by atoms with Crippen LogP contribution < -0.4 is 9.47 Å². The van der Waals surface area contributed by atoms with E-state index in [1.54, 1.807) is 24.3 Å². The summed E-state index contributed by atoms with van der Waals surface area (Å²) in [5, 5.41) is 14.4. The third-order valence-corrected chi connectivity index (χ3v) is 7.21. The van der Waals surface area contributed by atoms with Crippen LogP contribution in [0.3, 0.4) is 0 Å². The van der Waals surface area contributed by atoms with Gasteiger partial charge in [-0.2, -0.15) is 0 Å². The van der Waals surface area contributed by atoms with Gasteiger partial charge >= 0.3 is 6.16 Å². The quantitative estimate of drug-likeness (QED) is 0.249. The van der Waals surface area contributed by atoms with Gasteiger partial charge in [0.15, 0.2) is 5.06 Å². The summed E-state index contributed by atoms with van der Waals surface area (Å²) in [5.74, 6) is 1.86. The Morgan fingerprint density at radius 1 is 1.18 bits per heavy atom. The maximum absolute atomic E-state index is 10.8. The Balaban J connectivity index is 1.39. The Morgan fingerprint density at radius 3 is 2.62 bits per heavy atom. The van der Waals surface area contributed by atoms with Crippen molar-refractivity contribution in [3.8, 4) is 32.5 Å². The monoisotopic (exact) mass is 515 g/mol. The van der Waals surface area contributed by atoms with E-state index in [9.17, 15) is 4.79 Å². The average molecular weight is 516 g/mol. The van der Waals surface area contributed by atoms with Gasteiger partial charge in [-0.1, -0.05) is 45.8 Å². The molecule has 9 heteroatoms. The molecule has 2 aromatic heterocycles. The summed E-state index contributed by atoms with van der Waals surface area (Å²) >= 11 is 14.1.